The van der Waals surface area contributed by atoms with E-state index in [1.165, 1.54) is 18.2 Å². The van der Waals surface area contributed by atoms with E-state index in [4.69, 9.17) is 20.2 Å². The Labute approximate surface area is 239 Å². The molecule has 40 heavy (non-hydrogen) atoms. The first kappa shape index (κ1) is 29.2. The molecule has 0 spiro atoms. The topological polar surface area (TPSA) is 150 Å². The van der Waals surface area contributed by atoms with Gasteiger partial charge in [0.25, 0.3) is 15.9 Å². The number of pyridine rings is 3. The number of anilines is 2. The van der Waals surface area contributed by atoms with Gasteiger partial charge in [-0.25, -0.2) is 19.7 Å². The molecule has 4 rings (SSSR count). The summed E-state index contributed by atoms with van der Waals surface area (Å²) in [7, 11) is -4.27. The summed E-state index contributed by atoms with van der Waals surface area (Å²) in [6.45, 7) is 12.2. The van der Waals surface area contributed by atoms with E-state index >= 15 is 0 Å². The molecule has 3 N–H and O–H groups in total. The van der Waals surface area contributed by atoms with Crippen molar-refractivity contribution in [3.63, 3.8) is 0 Å². The Balaban J connectivity index is 0.00000308. The fourth-order valence-corrected chi connectivity index (χ4v) is 5.91. The molecule has 0 saturated carbocycles. The molecule has 0 radical (unpaired) electrons. The molecule has 12 heteroatoms. The van der Waals surface area contributed by atoms with E-state index in [0.29, 0.717) is 49.7 Å². The number of hydrogen-bond acceptors (Lipinski definition) is 10. The van der Waals surface area contributed by atoms with Gasteiger partial charge in [-0.15, -0.1) is 0 Å². The van der Waals surface area contributed by atoms with Crippen LogP contribution < -0.4 is 20.1 Å². The fraction of sp³-hybridized carbons (Fsp3) is 0.429. The minimum absolute atomic E-state index is 0. The summed E-state index contributed by atoms with van der Waals surface area (Å²) in [5.41, 5.74) is 7.58. The van der Waals surface area contributed by atoms with Crippen molar-refractivity contribution < 1.29 is 27.0 Å². The third kappa shape index (κ3) is 6.68. The van der Waals surface area contributed by atoms with E-state index in [2.05, 4.69) is 40.4 Å². The van der Waals surface area contributed by atoms with E-state index in [0.717, 1.165) is 17.7 Å². The molecule has 0 bridgehead atoms. The van der Waals surface area contributed by atoms with Crippen LogP contribution in [-0.4, -0.2) is 61.2 Å². The van der Waals surface area contributed by atoms with Crippen molar-refractivity contribution in [1.82, 2.24) is 19.7 Å². The number of nitrogens with two attached hydrogens (primary N) is 1. The summed E-state index contributed by atoms with van der Waals surface area (Å²) >= 11 is 0. The van der Waals surface area contributed by atoms with Crippen LogP contribution in [0.2, 0.25) is 0 Å². The molecule has 1 saturated heterocycles. The highest BCUT2D eigenvalue weighted by molar-refractivity contribution is 7.90. The molecule has 1 atom stereocenters. The van der Waals surface area contributed by atoms with Gasteiger partial charge in [-0.3, -0.25) is 4.79 Å². The Kier molecular flexibility index (Phi) is 8.59. The van der Waals surface area contributed by atoms with E-state index in [1.807, 2.05) is 19.9 Å². The summed E-state index contributed by atoms with van der Waals surface area (Å²) in [4.78, 5) is 28.7. The van der Waals surface area contributed by atoms with Gasteiger partial charge >= 0.3 is 0 Å². The monoisotopic (exact) mass is 574 g/mol. The van der Waals surface area contributed by atoms with Crippen LogP contribution in [0.4, 0.5) is 11.6 Å². The number of aromatic nitrogens is 3. The zero-order valence-corrected chi connectivity index (χ0v) is 24.3. The maximum Gasteiger partial charge on any atom is 0.281 e. The standard InChI is InChI=1S/C28H36N6O5S.3H2/c1-6-38-12-13-39-24-15-20(14-19(3)30-24)22-11-10-21(26(31-22)34-17-18(2)16-28(34,4)5)27(35)33-40(36,37)25-9-7-8-23(29)32-25;;;/h7-11,14-15,18H,6,12-13,16-17H2,1-5H3,(H2,29,32)(H,33,35);3*1H/t18-;;;/m0.../s1. The Morgan fingerprint density at radius 3 is 2.62 bits per heavy atom. The van der Waals surface area contributed by atoms with Gasteiger partial charge < -0.3 is 20.1 Å². The number of carbonyl (C=O) groups excluding carboxylic acids is 1. The summed E-state index contributed by atoms with van der Waals surface area (Å²) in [6, 6.07) is 11.2. The lowest BCUT2D eigenvalue weighted by Crippen LogP contribution is -2.41. The van der Waals surface area contributed by atoms with Crippen molar-refractivity contribution >= 4 is 27.6 Å². The van der Waals surface area contributed by atoms with Crippen molar-refractivity contribution in [1.29, 1.82) is 0 Å². The van der Waals surface area contributed by atoms with Gasteiger partial charge in [0.05, 0.1) is 17.9 Å². The number of rotatable bonds is 10. The summed E-state index contributed by atoms with van der Waals surface area (Å²) in [6.07, 6.45) is 0.887. The maximum atomic E-state index is 13.5. The number of ether oxygens (including phenoxy) is 2. The van der Waals surface area contributed by atoms with Gasteiger partial charge in [-0.2, -0.15) is 8.42 Å². The zero-order valence-electron chi connectivity index (χ0n) is 23.5. The van der Waals surface area contributed by atoms with Gasteiger partial charge in [0.15, 0.2) is 5.03 Å². The number of sulfonamides is 1. The number of nitrogen functional groups attached to an aromatic ring is 1. The van der Waals surface area contributed by atoms with Gasteiger partial charge in [0, 0.05) is 40.3 Å². The van der Waals surface area contributed by atoms with Crippen molar-refractivity contribution in [2.45, 2.75) is 51.6 Å². The summed E-state index contributed by atoms with van der Waals surface area (Å²) in [5.74, 6) is 0.414. The molecular weight excluding hydrogens is 532 g/mol. The molecular formula is C28H42N6O5S. The van der Waals surface area contributed by atoms with Crippen LogP contribution in [0.3, 0.4) is 0 Å². The van der Waals surface area contributed by atoms with E-state index in [-0.39, 0.29) is 26.2 Å². The molecule has 1 amide bonds. The first-order valence-corrected chi connectivity index (χ1v) is 14.7. The largest absolute Gasteiger partial charge is 0.475 e. The average Bonchev–Trinajstić information content (AvgIpc) is 3.17. The van der Waals surface area contributed by atoms with Crippen LogP contribution in [0.5, 0.6) is 5.88 Å². The fourth-order valence-electron chi connectivity index (χ4n) is 4.97. The van der Waals surface area contributed by atoms with Crippen LogP contribution in [0.1, 0.15) is 54.4 Å². The minimum atomic E-state index is -4.27. The van der Waals surface area contributed by atoms with Crippen molar-refractivity contribution in [2.24, 2.45) is 5.92 Å². The maximum absolute atomic E-state index is 13.5. The highest BCUT2D eigenvalue weighted by Gasteiger charge is 2.39. The number of hydrogen-bond donors (Lipinski definition) is 2. The molecule has 1 fully saturated rings. The van der Waals surface area contributed by atoms with Crippen molar-refractivity contribution in [2.75, 3.05) is 37.0 Å². The quantitative estimate of drug-likeness (QED) is 0.335. The summed E-state index contributed by atoms with van der Waals surface area (Å²) < 4.78 is 39.2. The van der Waals surface area contributed by atoms with Crippen LogP contribution >= 0.6 is 0 Å². The Hall–Kier alpha value is -3.77. The molecule has 4 heterocycles. The molecule has 0 aromatic carbocycles. The smallest absolute Gasteiger partial charge is 0.281 e. The average molecular weight is 575 g/mol. The second-order valence-electron chi connectivity index (χ2n) is 10.5. The number of nitrogens with zero attached hydrogens (tertiary/aromatic N) is 4. The lowest BCUT2D eigenvalue weighted by atomic mass is 9.97. The van der Waals surface area contributed by atoms with Crippen molar-refractivity contribution in [3.8, 4) is 17.1 Å². The van der Waals surface area contributed by atoms with Gasteiger partial charge in [0.2, 0.25) is 5.88 Å². The third-order valence-electron chi connectivity index (χ3n) is 6.60. The lowest BCUT2D eigenvalue weighted by Gasteiger charge is -2.34. The SMILES string of the molecule is CCOCCOc1cc(-c2ccc(C(=O)NS(=O)(=O)c3cccc(N)n3)c(N3C[C@@H](C)CC3(C)C)n2)cc(C)n1.[HH].[HH].[HH]. The molecule has 3 aromatic heterocycles. The molecule has 220 valence electrons. The molecule has 1 aliphatic rings. The predicted molar refractivity (Wildman–Crippen MR) is 159 cm³/mol. The lowest BCUT2D eigenvalue weighted by molar-refractivity contribution is 0.0981. The molecule has 3 aromatic rings. The third-order valence-corrected chi connectivity index (χ3v) is 7.84. The minimum Gasteiger partial charge on any atom is -0.475 e. The second-order valence-corrected chi connectivity index (χ2v) is 12.1. The van der Waals surface area contributed by atoms with Gasteiger partial charge in [-0.05, 0) is 70.4 Å². The van der Waals surface area contributed by atoms with Crippen LogP contribution in [0, 0.1) is 12.8 Å². The Morgan fingerprint density at radius 1 is 1.18 bits per heavy atom. The second kappa shape index (κ2) is 11.8. The highest BCUT2D eigenvalue weighted by atomic mass is 32.2. The molecule has 1 aliphatic heterocycles. The summed E-state index contributed by atoms with van der Waals surface area (Å²) in [5, 5.41) is -0.341. The first-order chi connectivity index (χ1) is 18.9. The first-order valence-electron chi connectivity index (χ1n) is 13.2. The normalized spacial score (nSPS) is 16.6. The van der Waals surface area contributed by atoms with E-state index in [9.17, 15) is 13.2 Å². The Bertz CT molecular complexity index is 1510. The highest BCUT2D eigenvalue weighted by Crippen LogP contribution is 2.38. The van der Waals surface area contributed by atoms with Crippen molar-refractivity contribution in [3.05, 3.63) is 53.7 Å². The number of aryl methyl sites for hydroxylation is 1. The number of amides is 1. The molecule has 11 nitrogen and oxygen atoms in total. The number of carbonyl (C=O) groups is 1. The van der Waals surface area contributed by atoms with Gasteiger partial charge in [-0.1, -0.05) is 13.0 Å². The van der Waals surface area contributed by atoms with E-state index in [1.54, 1.807) is 18.2 Å². The van der Waals surface area contributed by atoms with Crippen LogP contribution in [0.15, 0.2) is 47.5 Å². The predicted octanol–water partition coefficient (Wildman–Crippen LogP) is 4.33. The Morgan fingerprint density at radius 2 is 1.95 bits per heavy atom. The van der Waals surface area contributed by atoms with Gasteiger partial charge in [0.1, 0.15) is 18.2 Å². The van der Waals surface area contributed by atoms with Crippen LogP contribution in [-0.2, 0) is 14.8 Å². The zero-order chi connectivity index (χ0) is 29.1. The number of nitrogens with one attached hydrogen (secondary N) is 1. The van der Waals surface area contributed by atoms with Crippen LogP contribution in [0.25, 0.3) is 11.3 Å². The van der Waals surface area contributed by atoms with E-state index < -0.39 is 15.9 Å². The molecule has 0 aliphatic carbocycles. The molecule has 0 unspecified atom stereocenters.